The van der Waals surface area contributed by atoms with Crippen LogP contribution in [0.3, 0.4) is 0 Å². The minimum atomic E-state index is -0.215. The second-order valence-electron chi connectivity index (χ2n) is 6.77. The van der Waals surface area contributed by atoms with Crippen LogP contribution < -0.4 is 0 Å². The van der Waals surface area contributed by atoms with Gasteiger partial charge in [-0.05, 0) is 23.8 Å². The zero-order chi connectivity index (χ0) is 19.6. The van der Waals surface area contributed by atoms with Crippen molar-refractivity contribution in [2.45, 2.75) is 11.8 Å². The molecule has 0 bridgehead atoms. The van der Waals surface area contributed by atoms with E-state index < -0.39 is 0 Å². The zero-order valence-electron chi connectivity index (χ0n) is 15.3. The first-order valence-electron chi connectivity index (χ1n) is 9.11. The van der Waals surface area contributed by atoms with Crippen LogP contribution in [0.5, 0.6) is 0 Å². The number of pyridine rings is 2. The van der Waals surface area contributed by atoms with E-state index in [-0.39, 0.29) is 23.5 Å². The largest absolute Gasteiger partial charge is 0.438 e. The van der Waals surface area contributed by atoms with E-state index in [1.54, 1.807) is 29.7 Å². The fourth-order valence-corrected chi connectivity index (χ4v) is 3.63. The Hall–Kier alpha value is -3.88. The highest BCUT2D eigenvalue weighted by Crippen LogP contribution is 2.39. The van der Waals surface area contributed by atoms with Gasteiger partial charge < -0.3 is 13.8 Å². The number of rotatable bonds is 4. The van der Waals surface area contributed by atoms with Crippen LogP contribution in [0.1, 0.15) is 33.8 Å². The van der Waals surface area contributed by atoms with E-state index >= 15 is 0 Å². The number of amides is 1. The lowest BCUT2D eigenvalue weighted by Crippen LogP contribution is -2.28. The molecule has 1 amide bonds. The third kappa shape index (κ3) is 3.27. The maximum Gasteiger partial charge on any atom is 0.291 e. The number of aromatic nitrogens is 5. The molecule has 0 aromatic carbocycles. The van der Waals surface area contributed by atoms with Crippen LogP contribution in [0, 0.1) is 0 Å². The van der Waals surface area contributed by atoms with Crippen molar-refractivity contribution in [1.82, 2.24) is 30.0 Å². The Kier molecular flexibility index (Phi) is 4.32. The Bertz CT molecular complexity index is 1100. The van der Waals surface area contributed by atoms with E-state index in [0.29, 0.717) is 24.8 Å². The van der Waals surface area contributed by atoms with Gasteiger partial charge in [-0.15, -0.1) is 0 Å². The standard InChI is InChI=1S/C20H16N6O3/c27-20(17-9-23-12-28-17)26-10-15(14-2-1-5-22-8-14)16(11-26)19-24-18(25-29-19)13-3-6-21-7-4-13/h1-9,12,15-16H,10-11H2/t15-,16+/m0/s1. The molecule has 1 saturated heterocycles. The highest BCUT2D eigenvalue weighted by Gasteiger charge is 2.41. The Morgan fingerprint density at radius 2 is 1.86 bits per heavy atom. The van der Waals surface area contributed by atoms with E-state index in [2.05, 4.69) is 25.1 Å². The summed E-state index contributed by atoms with van der Waals surface area (Å²) in [6.45, 7) is 0.917. The highest BCUT2D eigenvalue weighted by molar-refractivity contribution is 5.91. The molecule has 4 aromatic heterocycles. The average molecular weight is 388 g/mol. The number of hydrogen-bond acceptors (Lipinski definition) is 8. The molecule has 1 aliphatic heterocycles. The van der Waals surface area contributed by atoms with E-state index in [4.69, 9.17) is 8.94 Å². The highest BCUT2D eigenvalue weighted by atomic mass is 16.5. The number of nitrogens with zero attached hydrogens (tertiary/aromatic N) is 6. The molecule has 144 valence electrons. The van der Waals surface area contributed by atoms with Crippen molar-refractivity contribution in [2.24, 2.45) is 0 Å². The smallest absolute Gasteiger partial charge is 0.291 e. The minimum absolute atomic E-state index is 0.0266. The molecule has 0 N–H and O–H groups in total. The fourth-order valence-electron chi connectivity index (χ4n) is 3.63. The molecular weight excluding hydrogens is 372 g/mol. The Balaban J connectivity index is 1.47. The quantitative estimate of drug-likeness (QED) is 0.524. The number of carbonyl (C=O) groups excluding carboxylic acids is 1. The molecule has 2 atom stereocenters. The van der Waals surface area contributed by atoms with E-state index in [9.17, 15) is 4.79 Å². The summed E-state index contributed by atoms with van der Waals surface area (Å²) in [5, 5.41) is 4.12. The summed E-state index contributed by atoms with van der Waals surface area (Å²) in [5.74, 6) is 0.785. The van der Waals surface area contributed by atoms with Crippen molar-refractivity contribution in [2.75, 3.05) is 13.1 Å². The van der Waals surface area contributed by atoms with Crippen LogP contribution in [0.2, 0.25) is 0 Å². The summed E-state index contributed by atoms with van der Waals surface area (Å²) in [7, 11) is 0. The van der Waals surface area contributed by atoms with Crippen molar-refractivity contribution >= 4 is 5.91 Å². The molecule has 5 rings (SSSR count). The molecule has 4 aromatic rings. The van der Waals surface area contributed by atoms with Crippen LogP contribution in [0.25, 0.3) is 11.4 Å². The minimum Gasteiger partial charge on any atom is -0.438 e. The van der Waals surface area contributed by atoms with Gasteiger partial charge in [0, 0.05) is 49.4 Å². The first-order chi connectivity index (χ1) is 14.3. The van der Waals surface area contributed by atoms with Gasteiger partial charge in [0.15, 0.2) is 6.39 Å². The molecule has 0 unspecified atom stereocenters. The summed E-state index contributed by atoms with van der Waals surface area (Å²) in [6.07, 6.45) is 9.55. The van der Waals surface area contributed by atoms with Gasteiger partial charge in [-0.3, -0.25) is 14.8 Å². The van der Waals surface area contributed by atoms with Gasteiger partial charge in [-0.25, -0.2) is 4.98 Å². The molecule has 1 fully saturated rings. The van der Waals surface area contributed by atoms with Crippen molar-refractivity contribution in [3.05, 3.63) is 78.9 Å². The summed E-state index contributed by atoms with van der Waals surface area (Å²) in [4.78, 5) is 31.2. The van der Waals surface area contributed by atoms with Crippen molar-refractivity contribution in [3.63, 3.8) is 0 Å². The molecule has 0 radical (unpaired) electrons. The van der Waals surface area contributed by atoms with Crippen LogP contribution in [0.4, 0.5) is 0 Å². The number of oxazole rings is 1. The summed E-state index contributed by atoms with van der Waals surface area (Å²) >= 11 is 0. The molecule has 9 heteroatoms. The Labute approximate surface area is 165 Å². The number of likely N-dealkylation sites (tertiary alicyclic amines) is 1. The third-order valence-corrected chi connectivity index (χ3v) is 5.06. The first-order valence-corrected chi connectivity index (χ1v) is 9.11. The van der Waals surface area contributed by atoms with E-state index in [1.807, 2.05) is 24.3 Å². The summed E-state index contributed by atoms with van der Waals surface area (Å²) in [5.41, 5.74) is 1.83. The topological polar surface area (TPSA) is 111 Å². The molecule has 0 spiro atoms. The van der Waals surface area contributed by atoms with Crippen LogP contribution in [-0.2, 0) is 0 Å². The zero-order valence-corrected chi connectivity index (χ0v) is 15.3. The summed E-state index contributed by atoms with van der Waals surface area (Å²) in [6, 6.07) is 7.51. The van der Waals surface area contributed by atoms with Gasteiger partial charge in [-0.1, -0.05) is 11.2 Å². The van der Waals surface area contributed by atoms with Crippen molar-refractivity contribution in [3.8, 4) is 11.4 Å². The van der Waals surface area contributed by atoms with E-state index in [1.165, 1.54) is 12.6 Å². The van der Waals surface area contributed by atoms with Gasteiger partial charge in [0.05, 0.1) is 12.1 Å². The van der Waals surface area contributed by atoms with Crippen molar-refractivity contribution in [1.29, 1.82) is 0 Å². The lowest BCUT2D eigenvalue weighted by Gasteiger charge is -2.15. The molecule has 0 aliphatic carbocycles. The normalized spacial score (nSPS) is 18.8. The summed E-state index contributed by atoms with van der Waals surface area (Å²) < 4.78 is 10.8. The fraction of sp³-hybridized carbons (Fsp3) is 0.200. The predicted molar refractivity (Wildman–Crippen MR) is 99.7 cm³/mol. The Morgan fingerprint density at radius 1 is 1.00 bits per heavy atom. The molecular formula is C20H16N6O3. The predicted octanol–water partition coefficient (Wildman–Crippen LogP) is 2.54. The van der Waals surface area contributed by atoms with E-state index in [0.717, 1.165) is 11.1 Å². The lowest BCUT2D eigenvalue weighted by atomic mass is 9.90. The molecule has 1 aliphatic rings. The first kappa shape index (κ1) is 17.2. The molecule has 0 saturated carbocycles. The van der Waals surface area contributed by atoms with Crippen LogP contribution in [-0.4, -0.2) is 49.0 Å². The van der Waals surface area contributed by atoms with Gasteiger partial charge in [0.1, 0.15) is 0 Å². The Morgan fingerprint density at radius 3 is 2.62 bits per heavy atom. The van der Waals surface area contributed by atoms with Gasteiger partial charge >= 0.3 is 0 Å². The maximum atomic E-state index is 12.8. The third-order valence-electron chi connectivity index (χ3n) is 5.06. The maximum absolute atomic E-state index is 12.8. The van der Waals surface area contributed by atoms with Gasteiger partial charge in [-0.2, -0.15) is 4.98 Å². The van der Waals surface area contributed by atoms with Crippen LogP contribution >= 0.6 is 0 Å². The SMILES string of the molecule is O=C(c1cnco1)N1C[C@@H](c2cccnc2)[C@H](c2nc(-c3ccncc3)no2)C1. The number of hydrogen-bond donors (Lipinski definition) is 0. The average Bonchev–Trinajstić information content (AvgIpc) is 3.55. The van der Waals surface area contributed by atoms with Gasteiger partial charge in [0.25, 0.3) is 5.91 Å². The lowest BCUT2D eigenvalue weighted by molar-refractivity contribution is 0.0756. The number of carbonyl (C=O) groups is 1. The monoisotopic (exact) mass is 388 g/mol. The second-order valence-corrected chi connectivity index (χ2v) is 6.77. The molecule has 29 heavy (non-hydrogen) atoms. The molecule has 9 nitrogen and oxygen atoms in total. The molecule has 5 heterocycles. The van der Waals surface area contributed by atoms with Gasteiger partial charge in [0.2, 0.25) is 17.5 Å². The van der Waals surface area contributed by atoms with Crippen molar-refractivity contribution < 1.29 is 13.7 Å². The van der Waals surface area contributed by atoms with Crippen LogP contribution in [0.15, 0.2) is 70.6 Å². The second kappa shape index (κ2) is 7.27.